The molecule has 2 bridgehead atoms. The first-order valence-electron chi connectivity index (χ1n) is 23.1. The second-order valence-electron chi connectivity index (χ2n) is 17.7. The van der Waals surface area contributed by atoms with E-state index in [1.165, 1.54) is 38.4 Å². The molecule has 3 fully saturated rings. The quantitative estimate of drug-likeness (QED) is 0.0769. The van der Waals surface area contributed by atoms with E-state index in [1.807, 2.05) is 48.2 Å². The molecule has 3 unspecified atom stereocenters. The molecule has 0 spiro atoms. The molecular formula is C47H61ClN10O5. The van der Waals surface area contributed by atoms with E-state index >= 15 is 0 Å². The predicted octanol–water partition coefficient (Wildman–Crippen LogP) is 5.85. The number of aromatic nitrogens is 4. The van der Waals surface area contributed by atoms with E-state index in [9.17, 15) is 24.0 Å². The van der Waals surface area contributed by atoms with Crippen molar-refractivity contribution in [1.82, 2.24) is 34.6 Å². The number of benzene rings is 2. The third kappa shape index (κ3) is 9.64. The third-order valence-electron chi connectivity index (χ3n) is 13.6. The number of carbonyl (C=O) groups excluding carboxylic acids is 4. The molecule has 4 aliphatic rings. The lowest BCUT2D eigenvalue weighted by molar-refractivity contribution is -0.137. The Morgan fingerprint density at radius 3 is 2.25 bits per heavy atom. The van der Waals surface area contributed by atoms with E-state index in [0.29, 0.717) is 43.4 Å². The highest BCUT2D eigenvalue weighted by atomic mass is 35.5. The van der Waals surface area contributed by atoms with Gasteiger partial charge in [0.1, 0.15) is 18.1 Å². The number of para-hydroxylation sites is 1. The van der Waals surface area contributed by atoms with Crippen molar-refractivity contribution in [2.24, 2.45) is 7.05 Å². The lowest BCUT2D eigenvalue weighted by Crippen LogP contribution is -2.58. The number of carbonyl (C=O) groups is 4. The number of nitrogens with zero attached hydrogens (tertiary/aromatic N) is 7. The maximum atomic E-state index is 14.5. The molecule has 16 heteroatoms. The summed E-state index contributed by atoms with van der Waals surface area (Å²) < 4.78 is 3.20. The topological polar surface area (TPSA) is 167 Å². The summed E-state index contributed by atoms with van der Waals surface area (Å²) in [5.74, 6) is 0.442. The second kappa shape index (κ2) is 20.0. The number of likely N-dealkylation sites (N-methyl/N-ethyl adjacent to an activating group) is 1. The molecule has 2 aromatic heterocycles. The van der Waals surface area contributed by atoms with Gasteiger partial charge in [-0.05, 0) is 81.3 Å². The summed E-state index contributed by atoms with van der Waals surface area (Å²) in [5.41, 5.74) is 4.34. The number of rotatable bonds is 19. The second-order valence-corrected chi connectivity index (χ2v) is 18.1. The van der Waals surface area contributed by atoms with Crippen LogP contribution < -0.4 is 31.4 Å². The molecule has 0 saturated carbocycles. The molecular weight excluding hydrogens is 820 g/mol. The van der Waals surface area contributed by atoms with Crippen molar-refractivity contribution in [3.63, 3.8) is 0 Å². The molecule has 336 valence electrons. The minimum atomic E-state index is -0.673. The Balaban J connectivity index is 0.758. The third-order valence-corrected chi connectivity index (χ3v) is 13.8. The summed E-state index contributed by atoms with van der Waals surface area (Å²) >= 11 is 6.28. The van der Waals surface area contributed by atoms with Crippen LogP contribution in [0.3, 0.4) is 0 Å². The molecule has 3 saturated heterocycles. The smallest absolute Gasteiger partial charge is 0.329 e. The number of halogens is 1. The number of aryl methyl sites for hydroxylation is 2. The number of amides is 4. The summed E-state index contributed by atoms with van der Waals surface area (Å²) in [5, 5.41) is 9.59. The number of nitrogens with one attached hydrogen (secondary N) is 3. The van der Waals surface area contributed by atoms with Crippen molar-refractivity contribution in [2.75, 3.05) is 54.4 Å². The zero-order valence-electron chi connectivity index (χ0n) is 36.6. The maximum Gasteiger partial charge on any atom is 0.329 e. The number of anilines is 3. The van der Waals surface area contributed by atoms with Gasteiger partial charge >= 0.3 is 5.69 Å². The number of piperidine rings is 1. The minimum Gasteiger partial charge on any atom is -0.356 e. The number of fused-ring (bicyclic) bond motifs is 4. The summed E-state index contributed by atoms with van der Waals surface area (Å²) in [6.07, 6.45) is 15.2. The van der Waals surface area contributed by atoms with Gasteiger partial charge in [0, 0.05) is 56.8 Å². The van der Waals surface area contributed by atoms with Crippen LogP contribution in [0, 0.1) is 0 Å². The highest BCUT2D eigenvalue weighted by Crippen LogP contribution is 2.40. The van der Waals surface area contributed by atoms with Gasteiger partial charge in [0.05, 0.1) is 23.5 Å². The normalized spacial score (nSPS) is 20.3. The van der Waals surface area contributed by atoms with Gasteiger partial charge < -0.3 is 25.3 Å². The zero-order valence-corrected chi connectivity index (χ0v) is 37.4. The molecule has 3 N–H and O–H groups in total. The highest BCUT2D eigenvalue weighted by Gasteiger charge is 2.46. The summed E-state index contributed by atoms with van der Waals surface area (Å²) in [7, 11) is 1.76. The van der Waals surface area contributed by atoms with Crippen molar-refractivity contribution in [2.45, 2.75) is 121 Å². The molecule has 6 heterocycles. The van der Waals surface area contributed by atoms with Crippen LogP contribution in [0.25, 0.3) is 11.0 Å². The van der Waals surface area contributed by atoms with Crippen LogP contribution in [-0.2, 0) is 32.6 Å². The largest absolute Gasteiger partial charge is 0.356 e. The fourth-order valence-electron chi connectivity index (χ4n) is 10.3. The fourth-order valence-corrected chi connectivity index (χ4v) is 10.5. The Bertz CT molecular complexity index is 2350. The molecule has 0 radical (unpaired) electrons. The van der Waals surface area contributed by atoms with Gasteiger partial charge in [-0.25, -0.2) is 14.8 Å². The van der Waals surface area contributed by atoms with Gasteiger partial charge in [-0.3, -0.25) is 33.6 Å². The van der Waals surface area contributed by atoms with E-state index in [4.69, 9.17) is 16.6 Å². The average molecular weight is 882 g/mol. The van der Waals surface area contributed by atoms with Crippen molar-refractivity contribution >= 4 is 63.6 Å². The molecule has 0 aliphatic carbocycles. The van der Waals surface area contributed by atoms with Crippen LogP contribution in [0.15, 0.2) is 53.6 Å². The first-order chi connectivity index (χ1) is 30.6. The first-order valence-corrected chi connectivity index (χ1v) is 23.5. The number of piperazine rings is 1. The van der Waals surface area contributed by atoms with Crippen LogP contribution in [-0.4, -0.2) is 99.0 Å². The lowest BCUT2D eigenvalue weighted by atomic mass is 9.95. The minimum absolute atomic E-state index is 0.0726. The summed E-state index contributed by atoms with van der Waals surface area (Å²) in [6.45, 7) is 5.77. The molecule has 63 heavy (non-hydrogen) atoms. The Labute approximate surface area is 373 Å². The van der Waals surface area contributed by atoms with Crippen LogP contribution in [0.1, 0.15) is 113 Å². The van der Waals surface area contributed by atoms with Gasteiger partial charge in [0.15, 0.2) is 11.6 Å². The summed E-state index contributed by atoms with van der Waals surface area (Å²) in [4.78, 5) is 80.0. The first kappa shape index (κ1) is 44.3. The van der Waals surface area contributed by atoms with Crippen molar-refractivity contribution in [1.29, 1.82) is 0 Å². The molecule has 4 amide bonds. The van der Waals surface area contributed by atoms with Gasteiger partial charge in [-0.2, -0.15) is 0 Å². The van der Waals surface area contributed by atoms with Gasteiger partial charge in [-0.15, -0.1) is 0 Å². The van der Waals surface area contributed by atoms with Crippen molar-refractivity contribution < 1.29 is 19.2 Å². The van der Waals surface area contributed by atoms with Gasteiger partial charge in [-0.1, -0.05) is 80.8 Å². The predicted molar refractivity (Wildman–Crippen MR) is 245 cm³/mol. The zero-order chi connectivity index (χ0) is 44.0. The number of imide groups is 1. The average Bonchev–Trinajstić information content (AvgIpc) is 3.69. The number of hydrogen-bond acceptors (Lipinski definition) is 10. The molecule has 15 nitrogen and oxygen atoms in total. The van der Waals surface area contributed by atoms with Gasteiger partial charge in [0.25, 0.3) is 0 Å². The van der Waals surface area contributed by atoms with Crippen LogP contribution in [0.2, 0.25) is 5.02 Å². The van der Waals surface area contributed by atoms with Crippen molar-refractivity contribution in [3.8, 4) is 0 Å². The maximum absolute atomic E-state index is 14.5. The molecule has 8 rings (SSSR count). The van der Waals surface area contributed by atoms with Crippen molar-refractivity contribution in [3.05, 3.63) is 75.4 Å². The van der Waals surface area contributed by atoms with E-state index < -0.39 is 11.9 Å². The molecule has 4 aromatic rings. The number of unbranched alkanes of at least 4 members (excludes halogenated alkanes) is 8. The van der Waals surface area contributed by atoms with E-state index in [-0.39, 0.29) is 54.4 Å². The SMILES string of the molecule is CCN1CC(=O)Nc2ncnc(N3CC4CCC(C3)N4C(=O)[C@H](CNCCCCCCCCCCCc3cccc4c3n(C)c(=O)n4C3CCC(=O)NC3=O)c3ccc(Cl)cc3)c21. The Hall–Kier alpha value is -5.28. The number of hydrogen-bond donors (Lipinski definition) is 3. The Morgan fingerprint density at radius 1 is 0.857 bits per heavy atom. The van der Waals surface area contributed by atoms with Crippen LogP contribution in [0.4, 0.5) is 17.3 Å². The monoisotopic (exact) mass is 880 g/mol. The van der Waals surface area contributed by atoms with Crippen LogP contribution >= 0.6 is 11.6 Å². The number of imidazole rings is 1. The Kier molecular flexibility index (Phi) is 14.1. The molecule has 4 atom stereocenters. The fraction of sp³-hybridized carbons (Fsp3) is 0.553. The van der Waals surface area contributed by atoms with Crippen LogP contribution in [0.5, 0.6) is 0 Å². The van der Waals surface area contributed by atoms with E-state index in [0.717, 1.165) is 85.2 Å². The highest BCUT2D eigenvalue weighted by molar-refractivity contribution is 6.30. The van der Waals surface area contributed by atoms with E-state index in [1.54, 1.807) is 16.2 Å². The molecule has 2 aromatic carbocycles. The van der Waals surface area contributed by atoms with Gasteiger partial charge in [0.2, 0.25) is 23.6 Å². The summed E-state index contributed by atoms with van der Waals surface area (Å²) in [6, 6.07) is 13.1. The Morgan fingerprint density at radius 2 is 1.56 bits per heavy atom. The lowest BCUT2D eigenvalue weighted by Gasteiger charge is -2.44. The van der Waals surface area contributed by atoms with E-state index in [2.05, 4.69) is 36.8 Å². The molecule has 4 aliphatic heterocycles. The standard InChI is InChI=1S/C47H61ClN10O5/c1-3-55-29-40(60)52-43-42(55)44(51-30-50-43)56-27-34-21-22-35(28-56)57(34)46(62)36(31-17-19-33(48)20-18-31)26-49-25-12-10-8-6-4-5-7-9-11-14-32-15-13-16-37-41(32)54(2)47(63)58(37)38-23-24-39(59)53-45(38)61/h13,15-20,30,34-36,38,49H,3-12,14,21-29H2,1-2H3,(H,53,59,61)(H,50,51,52,60)/t34?,35?,36-,38?/m1/s1.